The van der Waals surface area contributed by atoms with E-state index < -0.39 is 0 Å². The molecule has 0 atom stereocenters. The van der Waals surface area contributed by atoms with E-state index in [0.717, 1.165) is 30.8 Å². The predicted molar refractivity (Wildman–Crippen MR) is 80.7 cm³/mol. The first-order chi connectivity index (χ1) is 9.76. The van der Waals surface area contributed by atoms with Gasteiger partial charge in [0.05, 0.1) is 18.9 Å². The average molecular weight is 280 g/mol. The van der Waals surface area contributed by atoms with Gasteiger partial charge in [-0.05, 0) is 24.6 Å². The smallest absolute Gasteiger partial charge is 0.224 e. The van der Waals surface area contributed by atoms with Gasteiger partial charge in [0.25, 0.3) is 0 Å². The first-order valence-electron chi connectivity index (χ1n) is 7.11. The number of unbranched alkanes of at least 4 members (excludes halogenated alkanes) is 1. The lowest BCUT2D eigenvalue weighted by molar-refractivity contribution is -0.115. The SMILES string of the molecule is CCCCOCCONc1cccc(NC(=O)CC)c1. The fourth-order valence-electron chi connectivity index (χ4n) is 1.49. The Labute approximate surface area is 120 Å². The summed E-state index contributed by atoms with van der Waals surface area (Å²) in [6, 6.07) is 7.40. The quantitative estimate of drug-likeness (QED) is 0.510. The molecule has 5 heteroatoms. The molecule has 0 saturated heterocycles. The van der Waals surface area contributed by atoms with Gasteiger partial charge in [-0.25, -0.2) is 0 Å². The van der Waals surface area contributed by atoms with E-state index >= 15 is 0 Å². The normalized spacial score (nSPS) is 10.3. The van der Waals surface area contributed by atoms with Gasteiger partial charge in [-0.3, -0.25) is 15.1 Å². The fraction of sp³-hybridized carbons (Fsp3) is 0.533. The number of ether oxygens (including phenoxy) is 1. The van der Waals surface area contributed by atoms with E-state index in [4.69, 9.17) is 9.57 Å². The van der Waals surface area contributed by atoms with Crippen LogP contribution in [0.1, 0.15) is 33.1 Å². The lowest BCUT2D eigenvalue weighted by Gasteiger charge is -2.09. The Morgan fingerprint density at radius 3 is 2.70 bits per heavy atom. The Bertz CT molecular complexity index is 396. The minimum atomic E-state index is -0.00704. The minimum absolute atomic E-state index is 0.00704. The van der Waals surface area contributed by atoms with Crippen LogP contribution in [-0.4, -0.2) is 25.7 Å². The maximum atomic E-state index is 11.3. The molecular weight excluding hydrogens is 256 g/mol. The van der Waals surface area contributed by atoms with Gasteiger partial charge >= 0.3 is 0 Å². The Morgan fingerprint density at radius 2 is 1.95 bits per heavy atom. The highest BCUT2D eigenvalue weighted by Crippen LogP contribution is 2.15. The number of benzene rings is 1. The van der Waals surface area contributed by atoms with E-state index in [2.05, 4.69) is 17.7 Å². The second kappa shape index (κ2) is 10.2. The second-order valence-corrected chi connectivity index (χ2v) is 4.40. The standard InChI is InChI=1S/C15H24N2O3/c1-3-5-9-19-10-11-20-17-14-8-6-7-13(12-14)16-15(18)4-2/h6-8,12,17H,3-5,9-11H2,1-2H3,(H,16,18). The summed E-state index contributed by atoms with van der Waals surface area (Å²) in [7, 11) is 0. The van der Waals surface area contributed by atoms with Crippen molar-refractivity contribution in [1.82, 2.24) is 0 Å². The highest BCUT2D eigenvalue weighted by molar-refractivity contribution is 5.90. The number of nitrogens with one attached hydrogen (secondary N) is 2. The largest absolute Gasteiger partial charge is 0.379 e. The molecule has 0 saturated carbocycles. The van der Waals surface area contributed by atoms with E-state index in [9.17, 15) is 4.79 Å². The Balaban J connectivity index is 2.23. The molecule has 0 aliphatic rings. The van der Waals surface area contributed by atoms with Gasteiger partial charge < -0.3 is 10.1 Å². The molecule has 0 spiro atoms. The van der Waals surface area contributed by atoms with E-state index in [-0.39, 0.29) is 5.91 Å². The molecule has 0 heterocycles. The van der Waals surface area contributed by atoms with Crippen molar-refractivity contribution in [2.24, 2.45) is 0 Å². The van der Waals surface area contributed by atoms with Gasteiger partial charge in [-0.15, -0.1) is 0 Å². The molecule has 112 valence electrons. The van der Waals surface area contributed by atoms with Crippen LogP contribution in [0.2, 0.25) is 0 Å². The number of amides is 1. The van der Waals surface area contributed by atoms with Gasteiger partial charge in [0.2, 0.25) is 5.91 Å². The van der Waals surface area contributed by atoms with Crippen molar-refractivity contribution in [2.45, 2.75) is 33.1 Å². The zero-order valence-corrected chi connectivity index (χ0v) is 12.3. The highest BCUT2D eigenvalue weighted by Gasteiger charge is 2.00. The van der Waals surface area contributed by atoms with Gasteiger partial charge in [-0.1, -0.05) is 26.3 Å². The summed E-state index contributed by atoms with van der Waals surface area (Å²) in [4.78, 5) is 16.6. The first-order valence-corrected chi connectivity index (χ1v) is 7.11. The van der Waals surface area contributed by atoms with Crippen molar-refractivity contribution in [3.8, 4) is 0 Å². The number of hydrogen-bond acceptors (Lipinski definition) is 4. The van der Waals surface area contributed by atoms with E-state index in [1.807, 2.05) is 31.2 Å². The van der Waals surface area contributed by atoms with Crippen LogP contribution in [0.3, 0.4) is 0 Å². The maximum absolute atomic E-state index is 11.3. The van der Waals surface area contributed by atoms with E-state index in [1.54, 1.807) is 0 Å². The summed E-state index contributed by atoms with van der Waals surface area (Å²) in [5, 5.41) is 2.80. The Hall–Kier alpha value is -1.59. The van der Waals surface area contributed by atoms with Crippen molar-refractivity contribution in [2.75, 3.05) is 30.6 Å². The summed E-state index contributed by atoms with van der Waals surface area (Å²) in [5.41, 5.74) is 4.39. The van der Waals surface area contributed by atoms with Crippen LogP contribution in [-0.2, 0) is 14.4 Å². The molecule has 0 unspecified atom stereocenters. The molecule has 1 aromatic rings. The molecule has 0 bridgehead atoms. The number of carbonyl (C=O) groups excluding carboxylic acids is 1. The summed E-state index contributed by atoms with van der Waals surface area (Å²) >= 11 is 0. The minimum Gasteiger partial charge on any atom is -0.379 e. The van der Waals surface area contributed by atoms with Crippen molar-refractivity contribution >= 4 is 17.3 Å². The molecule has 0 aliphatic carbocycles. The molecule has 1 amide bonds. The number of rotatable bonds is 10. The van der Waals surface area contributed by atoms with Crippen molar-refractivity contribution in [3.63, 3.8) is 0 Å². The third-order valence-electron chi connectivity index (χ3n) is 2.63. The maximum Gasteiger partial charge on any atom is 0.224 e. The predicted octanol–water partition coefficient (Wildman–Crippen LogP) is 3.20. The van der Waals surface area contributed by atoms with Crippen molar-refractivity contribution in [1.29, 1.82) is 0 Å². The van der Waals surface area contributed by atoms with Crippen molar-refractivity contribution in [3.05, 3.63) is 24.3 Å². The molecule has 0 radical (unpaired) electrons. The summed E-state index contributed by atoms with van der Waals surface area (Å²) in [5.74, 6) is -0.00704. The number of hydrogen-bond donors (Lipinski definition) is 2. The monoisotopic (exact) mass is 280 g/mol. The fourth-order valence-corrected chi connectivity index (χ4v) is 1.49. The molecule has 0 aliphatic heterocycles. The van der Waals surface area contributed by atoms with E-state index in [1.165, 1.54) is 0 Å². The zero-order chi connectivity index (χ0) is 14.6. The molecule has 0 fully saturated rings. The lowest BCUT2D eigenvalue weighted by Crippen LogP contribution is -2.11. The molecular formula is C15H24N2O3. The second-order valence-electron chi connectivity index (χ2n) is 4.40. The molecule has 5 nitrogen and oxygen atoms in total. The Morgan fingerprint density at radius 1 is 1.15 bits per heavy atom. The molecule has 20 heavy (non-hydrogen) atoms. The van der Waals surface area contributed by atoms with E-state index in [0.29, 0.717) is 19.6 Å². The molecule has 0 aromatic heterocycles. The lowest BCUT2D eigenvalue weighted by atomic mass is 10.3. The highest BCUT2D eigenvalue weighted by atomic mass is 16.7. The van der Waals surface area contributed by atoms with Crippen LogP contribution in [0.15, 0.2) is 24.3 Å². The van der Waals surface area contributed by atoms with Gasteiger partial charge in [0, 0.05) is 18.7 Å². The van der Waals surface area contributed by atoms with Crippen LogP contribution in [0, 0.1) is 0 Å². The number of carbonyl (C=O) groups is 1. The van der Waals surface area contributed by atoms with Gasteiger partial charge in [-0.2, -0.15) is 0 Å². The van der Waals surface area contributed by atoms with Crippen molar-refractivity contribution < 1.29 is 14.4 Å². The average Bonchev–Trinajstić information content (AvgIpc) is 2.46. The van der Waals surface area contributed by atoms with Crippen LogP contribution in [0.4, 0.5) is 11.4 Å². The molecule has 1 rings (SSSR count). The van der Waals surface area contributed by atoms with Crippen LogP contribution in [0.5, 0.6) is 0 Å². The Kier molecular flexibility index (Phi) is 8.42. The molecule has 2 N–H and O–H groups in total. The molecule has 1 aromatic carbocycles. The number of anilines is 2. The van der Waals surface area contributed by atoms with Gasteiger partial charge in [0.15, 0.2) is 0 Å². The first kappa shape index (κ1) is 16.5. The summed E-state index contributed by atoms with van der Waals surface area (Å²) in [6.07, 6.45) is 2.67. The van der Waals surface area contributed by atoms with Crippen LogP contribution < -0.4 is 10.8 Å². The van der Waals surface area contributed by atoms with Crippen LogP contribution in [0.25, 0.3) is 0 Å². The summed E-state index contributed by atoms with van der Waals surface area (Å²) in [6.45, 7) is 5.78. The third-order valence-corrected chi connectivity index (χ3v) is 2.63. The third kappa shape index (κ3) is 7.11. The zero-order valence-electron chi connectivity index (χ0n) is 12.3. The topological polar surface area (TPSA) is 59.6 Å². The summed E-state index contributed by atoms with van der Waals surface area (Å²) < 4.78 is 5.38. The van der Waals surface area contributed by atoms with Gasteiger partial charge in [0.1, 0.15) is 0 Å². The van der Waals surface area contributed by atoms with Crippen LogP contribution >= 0.6 is 0 Å².